The third-order valence-electron chi connectivity index (χ3n) is 3.94. The minimum atomic E-state index is -3.47. The molecular weight excluding hydrogens is 260 g/mol. The largest absolute Gasteiger partial charge is 0.398 e. The third kappa shape index (κ3) is 3.09. The topological polar surface area (TPSA) is 72.2 Å². The first-order valence-corrected chi connectivity index (χ1v) is 8.16. The van der Waals surface area contributed by atoms with E-state index in [2.05, 4.69) is 11.6 Å². The van der Waals surface area contributed by atoms with Crippen molar-refractivity contribution in [1.29, 1.82) is 0 Å². The molecule has 19 heavy (non-hydrogen) atoms. The molecule has 0 radical (unpaired) electrons. The molecular formula is C14H22N2O2S. The van der Waals surface area contributed by atoms with Crippen molar-refractivity contribution in [1.82, 2.24) is 4.72 Å². The number of hydrogen-bond acceptors (Lipinski definition) is 3. The molecule has 5 heteroatoms. The highest BCUT2D eigenvalue weighted by Crippen LogP contribution is 2.36. The van der Waals surface area contributed by atoms with E-state index in [0.29, 0.717) is 34.5 Å². The van der Waals surface area contributed by atoms with Gasteiger partial charge in [0, 0.05) is 12.2 Å². The Kier molecular flexibility index (Phi) is 3.87. The highest BCUT2D eigenvalue weighted by atomic mass is 32.2. The number of aryl methyl sites for hydroxylation is 1. The van der Waals surface area contributed by atoms with E-state index in [9.17, 15) is 8.42 Å². The van der Waals surface area contributed by atoms with Gasteiger partial charge in [-0.05, 0) is 55.7 Å². The number of hydrogen-bond donors (Lipinski definition) is 2. The summed E-state index contributed by atoms with van der Waals surface area (Å²) in [6, 6.07) is 3.50. The second-order valence-electron chi connectivity index (χ2n) is 5.59. The first kappa shape index (κ1) is 14.3. The van der Waals surface area contributed by atoms with Gasteiger partial charge < -0.3 is 5.73 Å². The number of nitrogens with one attached hydrogen (secondary N) is 1. The lowest BCUT2D eigenvalue weighted by Gasteiger charge is -2.16. The van der Waals surface area contributed by atoms with Crippen molar-refractivity contribution >= 4 is 15.7 Å². The van der Waals surface area contributed by atoms with Crippen molar-refractivity contribution in [2.24, 2.45) is 11.8 Å². The van der Waals surface area contributed by atoms with Gasteiger partial charge in [0.1, 0.15) is 0 Å². The zero-order valence-electron chi connectivity index (χ0n) is 11.7. The van der Waals surface area contributed by atoms with Gasteiger partial charge in [0.15, 0.2) is 0 Å². The zero-order valence-corrected chi connectivity index (χ0v) is 12.5. The van der Waals surface area contributed by atoms with Gasteiger partial charge in [0.2, 0.25) is 10.0 Å². The summed E-state index contributed by atoms with van der Waals surface area (Å²) in [4.78, 5) is 0.329. The molecule has 1 aromatic rings. The molecule has 0 spiro atoms. The minimum Gasteiger partial charge on any atom is -0.398 e. The predicted molar refractivity (Wildman–Crippen MR) is 77.4 cm³/mol. The predicted octanol–water partition coefficient (Wildman–Crippen LogP) is 2.21. The standard InChI is InChI=1S/C14H22N2O2S/c1-9-4-7-13(15)11(3)14(9)19(17,18)16-8-10(2)12-5-6-12/h4,7,10,12,16H,5-6,8,15H2,1-3H3. The maximum absolute atomic E-state index is 12.4. The molecule has 0 aliphatic heterocycles. The first-order valence-electron chi connectivity index (χ1n) is 6.68. The van der Waals surface area contributed by atoms with Crippen LogP contribution >= 0.6 is 0 Å². The summed E-state index contributed by atoms with van der Waals surface area (Å²) < 4.78 is 27.5. The Balaban J connectivity index is 2.21. The van der Waals surface area contributed by atoms with Crippen LogP contribution in [-0.4, -0.2) is 15.0 Å². The number of nitrogen functional groups attached to an aromatic ring is 1. The average Bonchev–Trinajstić information content (AvgIpc) is 3.15. The maximum Gasteiger partial charge on any atom is 0.241 e. The van der Waals surface area contributed by atoms with Crippen LogP contribution in [0.3, 0.4) is 0 Å². The smallest absolute Gasteiger partial charge is 0.241 e. The molecule has 4 nitrogen and oxygen atoms in total. The van der Waals surface area contributed by atoms with Crippen LogP contribution in [0, 0.1) is 25.7 Å². The van der Waals surface area contributed by atoms with E-state index >= 15 is 0 Å². The van der Waals surface area contributed by atoms with Crippen LogP contribution in [0.5, 0.6) is 0 Å². The van der Waals surface area contributed by atoms with Gasteiger partial charge in [-0.15, -0.1) is 0 Å². The van der Waals surface area contributed by atoms with E-state index in [0.717, 1.165) is 5.56 Å². The molecule has 0 heterocycles. The van der Waals surface area contributed by atoms with Gasteiger partial charge in [-0.3, -0.25) is 0 Å². The second kappa shape index (κ2) is 5.13. The molecule has 106 valence electrons. The van der Waals surface area contributed by atoms with Crippen LogP contribution in [0.25, 0.3) is 0 Å². The summed E-state index contributed by atoms with van der Waals surface area (Å²) in [6.07, 6.45) is 2.44. The summed E-state index contributed by atoms with van der Waals surface area (Å²) in [5, 5.41) is 0. The van der Waals surface area contributed by atoms with Gasteiger partial charge in [-0.1, -0.05) is 13.0 Å². The maximum atomic E-state index is 12.4. The Morgan fingerprint density at radius 1 is 1.37 bits per heavy atom. The van der Waals surface area contributed by atoms with Gasteiger partial charge in [-0.2, -0.15) is 0 Å². The van der Waals surface area contributed by atoms with E-state index in [-0.39, 0.29) is 0 Å². The molecule has 1 fully saturated rings. The lowest BCUT2D eigenvalue weighted by Crippen LogP contribution is -2.30. The Labute approximate surface area is 115 Å². The first-order chi connectivity index (χ1) is 8.83. The Bertz CT molecular complexity index is 577. The Morgan fingerprint density at radius 2 is 2.00 bits per heavy atom. The average molecular weight is 282 g/mol. The monoisotopic (exact) mass is 282 g/mol. The van der Waals surface area contributed by atoms with Gasteiger partial charge >= 0.3 is 0 Å². The van der Waals surface area contributed by atoms with E-state index in [1.807, 2.05) is 0 Å². The lowest BCUT2D eigenvalue weighted by molar-refractivity contribution is 0.491. The molecule has 1 aromatic carbocycles. The van der Waals surface area contributed by atoms with E-state index in [1.165, 1.54) is 12.8 Å². The van der Waals surface area contributed by atoms with Crippen molar-refractivity contribution in [2.75, 3.05) is 12.3 Å². The molecule has 0 aromatic heterocycles. The third-order valence-corrected chi connectivity index (χ3v) is 5.65. The molecule has 0 amide bonds. The quantitative estimate of drug-likeness (QED) is 0.813. The van der Waals surface area contributed by atoms with Crippen molar-refractivity contribution < 1.29 is 8.42 Å². The fourth-order valence-electron chi connectivity index (χ4n) is 2.40. The highest BCUT2D eigenvalue weighted by molar-refractivity contribution is 7.89. The van der Waals surface area contributed by atoms with Crippen LogP contribution in [0.4, 0.5) is 5.69 Å². The second-order valence-corrected chi connectivity index (χ2v) is 7.30. The number of sulfonamides is 1. The van der Waals surface area contributed by atoms with Crippen molar-refractivity contribution in [3.8, 4) is 0 Å². The fourth-order valence-corrected chi connectivity index (χ4v) is 4.04. The summed E-state index contributed by atoms with van der Waals surface area (Å²) in [7, 11) is -3.47. The van der Waals surface area contributed by atoms with Crippen LogP contribution in [0.15, 0.2) is 17.0 Å². The molecule has 2 rings (SSSR count). The van der Waals surface area contributed by atoms with Gasteiger partial charge in [0.05, 0.1) is 4.90 Å². The van der Waals surface area contributed by atoms with E-state index < -0.39 is 10.0 Å². The van der Waals surface area contributed by atoms with E-state index in [4.69, 9.17) is 5.73 Å². The molecule has 1 aliphatic carbocycles. The van der Waals surface area contributed by atoms with Crippen LogP contribution in [-0.2, 0) is 10.0 Å². The number of benzene rings is 1. The van der Waals surface area contributed by atoms with Gasteiger partial charge in [-0.25, -0.2) is 13.1 Å². The normalized spacial score (nSPS) is 17.4. The van der Waals surface area contributed by atoms with Gasteiger partial charge in [0.25, 0.3) is 0 Å². The number of anilines is 1. The van der Waals surface area contributed by atoms with Crippen LogP contribution in [0.1, 0.15) is 30.9 Å². The van der Waals surface area contributed by atoms with Crippen molar-refractivity contribution in [2.45, 2.75) is 38.5 Å². The molecule has 1 aliphatic rings. The molecule has 1 atom stereocenters. The SMILES string of the molecule is Cc1ccc(N)c(C)c1S(=O)(=O)NCC(C)C1CC1. The Morgan fingerprint density at radius 3 is 2.58 bits per heavy atom. The summed E-state index contributed by atoms with van der Waals surface area (Å²) >= 11 is 0. The molecule has 0 bridgehead atoms. The number of nitrogens with two attached hydrogens (primary N) is 1. The van der Waals surface area contributed by atoms with Crippen LogP contribution < -0.4 is 10.5 Å². The molecule has 1 unspecified atom stereocenters. The van der Waals surface area contributed by atoms with Crippen molar-refractivity contribution in [3.05, 3.63) is 23.3 Å². The fraction of sp³-hybridized carbons (Fsp3) is 0.571. The zero-order chi connectivity index (χ0) is 14.2. The van der Waals surface area contributed by atoms with Crippen molar-refractivity contribution in [3.63, 3.8) is 0 Å². The lowest BCUT2D eigenvalue weighted by atomic mass is 10.1. The highest BCUT2D eigenvalue weighted by Gasteiger charge is 2.29. The molecule has 1 saturated carbocycles. The Hall–Kier alpha value is -1.07. The summed E-state index contributed by atoms with van der Waals surface area (Å²) in [5.74, 6) is 1.09. The molecule has 0 saturated heterocycles. The summed E-state index contributed by atoms with van der Waals surface area (Å²) in [6.45, 7) is 6.15. The van der Waals surface area contributed by atoms with Crippen LogP contribution in [0.2, 0.25) is 0 Å². The minimum absolute atomic E-state index is 0.329. The molecule has 3 N–H and O–H groups in total. The van der Waals surface area contributed by atoms with E-state index in [1.54, 1.807) is 26.0 Å². The number of rotatable bonds is 5. The summed E-state index contributed by atoms with van der Waals surface area (Å²) in [5.41, 5.74) is 7.69.